The van der Waals surface area contributed by atoms with E-state index in [1.54, 1.807) is 30.4 Å². The molecule has 0 saturated carbocycles. The first-order valence-corrected chi connectivity index (χ1v) is 5.98. The summed E-state index contributed by atoms with van der Waals surface area (Å²) in [4.78, 5) is 12.4. The summed E-state index contributed by atoms with van der Waals surface area (Å²) in [7, 11) is 0. The van der Waals surface area contributed by atoms with E-state index in [0.717, 1.165) is 17.9 Å². The summed E-state index contributed by atoms with van der Waals surface area (Å²) < 4.78 is 3.08. The zero-order valence-electron chi connectivity index (χ0n) is 8.71. The molecular weight excluding hydrogens is 220 g/mol. The molecule has 0 spiro atoms. The lowest BCUT2D eigenvalue weighted by molar-refractivity contribution is 1.05. The van der Waals surface area contributed by atoms with Crippen molar-refractivity contribution in [2.45, 2.75) is 6.42 Å². The summed E-state index contributed by atoms with van der Waals surface area (Å²) in [6.07, 6.45) is 6.18. The van der Waals surface area contributed by atoms with Crippen LogP contribution in [0.4, 0.5) is 5.95 Å². The molecule has 1 N–H and O–H groups in total. The van der Waals surface area contributed by atoms with Crippen molar-refractivity contribution < 1.29 is 0 Å². The topological polar surface area (TPSA) is 50.7 Å². The minimum absolute atomic E-state index is 0.647. The molecule has 2 rings (SSSR count). The predicted octanol–water partition coefficient (Wildman–Crippen LogP) is 2.17. The van der Waals surface area contributed by atoms with Crippen LogP contribution in [0.2, 0.25) is 0 Å². The third-order valence-electron chi connectivity index (χ3n) is 1.92. The van der Waals surface area contributed by atoms with Gasteiger partial charge >= 0.3 is 0 Å². The lowest BCUT2D eigenvalue weighted by Gasteiger charge is -2.02. The Labute approximate surface area is 98.7 Å². The van der Waals surface area contributed by atoms with Crippen LogP contribution in [-0.2, 0) is 6.42 Å². The summed E-state index contributed by atoms with van der Waals surface area (Å²) >= 11 is 1.59. The van der Waals surface area contributed by atoms with Crippen molar-refractivity contribution in [2.24, 2.45) is 0 Å². The molecule has 0 fully saturated rings. The Morgan fingerprint density at radius 1 is 1.00 bits per heavy atom. The number of nitrogens with zero attached hydrogens (tertiary/aromatic N) is 3. The first-order chi connectivity index (χ1) is 7.95. The van der Waals surface area contributed by atoms with Gasteiger partial charge in [0.05, 0.1) is 0 Å². The van der Waals surface area contributed by atoms with Crippen LogP contribution in [0, 0.1) is 0 Å². The van der Waals surface area contributed by atoms with Gasteiger partial charge in [-0.3, -0.25) is 9.71 Å². The monoisotopic (exact) mass is 232 g/mol. The summed E-state index contributed by atoms with van der Waals surface area (Å²) in [6, 6.07) is 7.75. The highest BCUT2D eigenvalue weighted by Crippen LogP contribution is 2.07. The molecule has 2 aromatic heterocycles. The molecule has 5 heteroatoms. The second-order valence-electron chi connectivity index (χ2n) is 3.09. The van der Waals surface area contributed by atoms with Crippen molar-refractivity contribution in [1.82, 2.24) is 15.0 Å². The van der Waals surface area contributed by atoms with Crippen LogP contribution in [0.15, 0.2) is 42.9 Å². The van der Waals surface area contributed by atoms with Crippen molar-refractivity contribution in [3.05, 3.63) is 48.5 Å². The summed E-state index contributed by atoms with van der Waals surface area (Å²) in [5.74, 6) is 1.59. The van der Waals surface area contributed by atoms with Gasteiger partial charge in [-0.25, -0.2) is 9.97 Å². The van der Waals surface area contributed by atoms with Crippen LogP contribution in [0.5, 0.6) is 0 Å². The van der Waals surface area contributed by atoms with Gasteiger partial charge in [-0.1, -0.05) is 6.07 Å². The van der Waals surface area contributed by atoms with Gasteiger partial charge in [0.25, 0.3) is 0 Å². The molecule has 82 valence electrons. The number of aromatic nitrogens is 3. The normalized spacial score (nSPS) is 10.0. The SMILES string of the molecule is c1ccc(CCSNc2ncccn2)nc1. The quantitative estimate of drug-likeness (QED) is 0.632. The molecule has 0 unspecified atom stereocenters. The largest absolute Gasteiger partial charge is 0.298 e. The maximum atomic E-state index is 4.25. The highest BCUT2D eigenvalue weighted by atomic mass is 32.2. The van der Waals surface area contributed by atoms with Gasteiger partial charge in [0.15, 0.2) is 0 Å². The molecule has 0 aromatic carbocycles. The number of aryl methyl sites for hydroxylation is 1. The van der Waals surface area contributed by atoms with E-state index >= 15 is 0 Å². The predicted molar refractivity (Wildman–Crippen MR) is 66.1 cm³/mol. The Morgan fingerprint density at radius 2 is 1.81 bits per heavy atom. The summed E-state index contributed by atoms with van der Waals surface area (Å²) in [6.45, 7) is 0. The summed E-state index contributed by atoms with van der Waals surface area (Å²) in [5.41, 5.74) is 1.10. The maximum Gasteiger partial charge on any atom is 0.232 e. The molecule has 0 amide bonds. The Bertz CT molecular complexity index is 365. The van der Waals surface area contributed by atoms with E-state index in [-0.39, 0.29) is 0 Å². The van der Waals surface area contributed by atoms with Crippen molar-refractivity contribution in [1.29, 1.82) is 0 Å². The van der Waals surface area contributed by atoms with E-state index in [9.17, 15) is 0 Å². The Kier molecular flexibility index (Phi) is 4.13. The standard InChI is InChI=1S/C11H12N4S/c1-2-6-12-10(4-1)5-9-16-15-11-13-7-3-8-14-11/h1-4,6-8H,5,9H2,(H,13,14,15). The molecule has 4 nitrogen and oxygen atoms in total. The van der Waals surface area contributed by atoms with Crippen LogP contribution in [0.3, 0.4) is 0 Å². The van der Waals surface area contributed by atoms with Crippen molar-refractivity contribution in [3.63, 3.8) is 0 Å². The molecule has 16 heavy (non-hydrogen) atoms. The zero-order chi connectivity index (χ0) is 11.1. The van der Waals surface area contributed by atoms with Crippen LogP contribution < -0.4 is 4.72 Å². The van der Waals surface area contributed by atoms with Gasteiger partial charge in [0, 0.05) is 36.5 Å². The molecule has 0 atom stereocenters. The molecule has 2 heterocycles. The minimum atomic E-state index is 0.647. The van der Waals surface area contributed by atoms with Crippen LogP contribution >= 0.6 is 11.9 Å². The van der Waals surface area contributed by atoms with E-state index in [1.165, 1.54) is 0 Å². The summed E-state index contributed by atoms with van der Waals surface area (Å²) in [5, 5.41) is 0. The van der Waals surface area contributed by atoms with Gasteiger partial charge in [-0.2, -0.15) is 0 Å². The lowest BCUT2D eigenvalue weighted by atomic mass is 10.3. The first kappa shape index (κ1) is 10.9. The van der Waals surface area contributed by atoms with Gasteiger partial charge in [-0.05, 0) is 30.1 Å². The van der Waals surface area contributed by atoms with E-state index < -0.39 is 0 Å². The van der Waals surface area contributed by atoms with Crippen LogP contribution in [0.25, 0.3) is 0 Å². The average Bonchev–Trinajstić information content (AvgIpc) is 2.37. The van der Waals surface area contributed by atoms with Gasteiger partial charge in [0.1, 0.15) is 0 Å². The average molecular weight is 232 g/mol. The molecule has 2 aromatic rings. The number of anilines is 1. The molecule has 0 aliphatic rings. The Balaban J connectivity index is 1.70. The number of rotatable bonds is 5. The van der Waals surface area contributed by atoms with Crippen molar-refractivity contribution >= 4 is 17.9 Å². The minimum Gasteiger partial charge on any atom is -0.298 e. The van der Waals surface area contributed by atoms with E-state index in [0.29, 0.717) is 5.95 Å². The Morgan fingerprint density at radius 3 is 2.56 bits per heavy atom. The molecule has 0 aliphatic heterocycles. The molecule has 0 saturated heterocycles. The smallest absolute Gasteiger partial charge is 0.232 e. The molecule has 0 bridgehead atoms. The van der Waals surface area contributed by atoms with E-state index in [4.69, 9.17) is 0 Å². The van der Waals surface area contributed by atoms with E-state index in [1.807, 2.05) is 24.4 Å². The Hall–Kier alpha value is -1.62. The number of hydrogen-bond acceptors (Lipinski definition) is 5. The molecule has 0 radical (unpaired) electrons. The highest BCUT2D eigenvalue weighted by molar-refractivity contribution is 8.00. The third kappa shape index (κ3) is 3.51. The second-order valence-corrected chi connectivity index (χ2v) is 4.00. The highest BCUT2D eigenvalue weighted by Gasteiger charge is 1.95. The lowest BCUT2D eigenvalue weighted by Crippen LogP contribution is -1.97. The van der Waals surface area contributed by atoms with Crippen molar-refractivity contribution in [2.75, 3.05) is 10.5 Å². The number of nitrogens with one attached hydrogen (secondary N) is 1. The first-order valence-electron chi connectivity index (χ1n) is 5.00. The van der Waals surface area contributed by atoms with Crippen LogP contribution in [0.1, 0.15) is 5.69 Å². The van der Waals surface area contributed by atoms with E-state index in [2.05, 4.69) is 19.7 Å². The fraction of sp³-hybridized carbons (Fsp3) is 0.182. The number of pyridine rings is 1. The zero-order valence-corrected chi connectivity index (χ0v) is 9.52. The number of hydrogen-bond donors (Lipinski definition) is 1. The fourth-order valence-electron chi connectivity index (χ4n) is 1.17. The maximum absolute atomic E-state index is 4.25. The molecule has 0 aliphatic carbocycles. The van der Waals surface area contributed by atoms with Gasteiger partial charge in [0.2, 0.25) is 5.95 Å². The fourth-order valence-corrected chi connectivity index (χ4v) is 1.82. The van der Waals surface area contributed by atoms with Gasteiger partial charge in [-0.15, -0.1) is 0 Å². The van der Waals surface area contributed by atoms with Crippen LogP contribution in [-0.4, -0.2) is 20.7 Å². The second kappa shape index (κ2) is 6.07. The van der Waals surface area contributed by atoms with Gasteiger partial charge < -0.3 is 0 Å². The third-order valence-corrected chi connectivity index (χ3v) is 2.65. The molecular formula is C11H12N4S. The van der Waals surface area contributed by atoms with Crippen molar-refractivity contribution in [3.8, 4) is 0 Å².